The van der Waals surface area contributed by atoms with Crippen LogP contribution in [0.15, 0.2) is 29.0 Å². The number of hydrogen-bond acceptors (Lipinski definition) is 5. The molecular weight excluding hydrogens is 252 g/mol. The van der Waals surface area contributed by atoms with Crippen molar-refractivity contribution in [2.45, 2.75) is 32.1 Å². The maximum Gasteiger partial charge on any atom is 0.234 e. The highest BCUT2D eigenvalue weighted by atomic mass is 16.5. The van der Waals surface area contributed by atoms with Gasteiger partial charge in [-0.1, -0.05) is 25.1 Å². The molecule has 0 bridgehead atoms. The average molecular weight is 272 g/mol. The van der Waals surface area contributed by atoms with Crippen LogP contribution in [0.5, 0.6) is 0 Å². The maximum absolute atomic E-state index is 5.56. The van der Waals surface area contributed by atoms with Crippen LogP contribution in [0.1, 0.15) is 37.5 Å². The second kappa shape index (κ2) is 5.32. The molecule has 1 fully saturated rings. The molecule has 0 saturated carbocycles. The molecule has 3 rings (SSSR count). The second-order valence-corrected chi connectivity index (χ2v) is 5.79. The van der Waals surface area contributed by atoms with Crippen molar-refractivity contribution in [2.24, 2.45) is 5.92 Å². The number of hydrogen-bond donors (Lipinski definition) is 1. The monoisotopic (exact) mass is 272 g/mol. The van der Waals surface area contributed by atoms with Crippen LogP contribution in [0.4, 0.5) is 0 Å². The SMILES string of the molecule is CC(C)C1(c2nc(Cc3cccnc3)no2)CCNC1. The van der Waals surface area contributed by atoms with Gasteiger partial charge in [0.15, 0.2) is 5.82 Å². The largest absolute Gasteiger partial charge is 0.339 e. The quantitative estimate of drug-likeness (QED) is 0.921. The van der Waals surface area contributed by atoms with E-state index in [1.54, 1.807) is 6.20 Å². The third-order valence-electron chi connectivity index (χ3n) is 4.27. The van der Waals surface area contributed by atoms with Gasteiger partial charge in [-0.2, -0.15) is 4.98 Å². The van der Waals surface area contributed by atoms with Gasteiger partial charge in [-0.15, -0.1) is 0 Å². The van der Waals surface area contributed by atoms with Crippen molar-refractivity contribution in [2.75, 3.05) is 13.1 Å². The predicted octanol–water partition coefficient (Wildman–Crippen LogP) is 1.94. The van der Waals surface area contributed by atoms with Crippen molar-refractivity contribution < 1.29 is 4.52 Å². The molecule has 106 valence electrons. The standard InChI is InChI=1S/C15H20N4O/c1-11(2)15(5-7-17-10-15)14-18-13(19-20-14)8-12-4-3-6-16-9-12/h3-4,6,9,11,17H,5,7-8,10H2,1-2H3. The first kappa shape index (κ1) is 13.2. The molecule has 0 radical (unpaired) electrons. The molecule has 1 aliphatic heterocycles. The van der Waals surface area contributed by atoms with Crippen molar-refractivity contribution in [3.8, 4) is 0 Å². The molecule has 0 amide bonds. The van der Waals surface area contributed by atoms with Crippen molar-refractivity contribution in [1.29, 1.82) is 0 Å². The zero-order valence-electron chi connectivity index (χ0n) is 12.0. The molecule has 2 aromatic heterocycles. The summed E-state index contributed by atoms with van der Waals surface area (Å²) in [5.41, 5.74) is 1.09. The first-order chi connectivity index (χ1) is 9.71. The van der Waals surface area contributed by atoms with Gasteiger partial charge in [0, 0.05) is 25.4 Å². The Balaban J connectivity index is 1.83. The summed E-state index contributed by atoms with van der Waals surface area (Å²) in [6.07, 6.45) is 5.33. The number of nitrogens with zero attached hydrogens (tertiary/aromatic N) is 3. The maximum atomic E-state index is 5.56. The van der Waals surface area contributed by atoms with Crippen molar-refractivity contribution in [1.82, 2.24) is 20.4 Å². The molecule has 5 heteroatoms. The van der Waals surface area contributed by atoms with Crippen LogP contribution in [0, 0.1) is 5.92 Å². The van der Waals surface area contributed by atoms with Gasteiger partial charge in [-0.25, -0.2) is 0 Å². The van der Waals surface area contributed by atoms with E-state index >= 15 is 0 Å². The predicted molar refractivity (Wildman–Crippen MR) is 75.3 cm³/mol. The summed E-state index contributed by atoms with van der Waals surface area (Å²) in [5, 5.41) is 7.56. The fraction of sp³-hybridized carbons (Fsp3) is 0.533. The molecule has 0 aromatic carbocycles. The van der Waals surface area contributed by atoms with Crippen LogP contribution < -0.4 is 5.32 Å². The van der Waals surface area contributed by atoms with Crippen molar-refractivity contribution in [3.05, 3.63) is 41.8 Å². The summed E-state index contributed by atoms with van der Waals surface area (Å²) in [4.78, 5) is 8.75. The van der Waals surface area contributed by atoms with Gasteiger partial charge in [0.25, 0.3) is 0 Å². The van der Waals surface area contributed by atoms with Crippen LogP contribution in [-0.4, -0.2) is 28.2 Å². The van der Waals surface area contributed by atoms with Crippen LogP contribution in [-0.2, 0) is 11.8 Å². The summed E-state index contributed by atoms with van der Waals surface area (Å²) >= 11 is 0. The second-order valence-electron chi connectivity index (χ2n) is 5.79. The zero-order chi connectivity index (χ0) is 14.0. The highest BCUT2D eigenvalue weighted by Crippen LogP contribution is 2.36. The van der Waals surface area contributed by atoms with Gasteiger partial charge in [0.05, 0.1) is 5.41 Å². The van der Waals surface area contributed by atoms with E-state index in [-0.39, 0.29) is 5.41 Å². The molecule has 1 atom stereocenters. The summed E-state index contributed by atoms with van der Waals surface area (Å²) in [7, 11) is 0. The summed E-state index contributed by atoms with van der Waals surface area (Å²) in [6.45, 7) is 6.37. The van der Waals surface area contributed by atoms with E-state index in [0.29, 0.717) is 12.3 Å². The molecule has 0 aliphatic carbocycles. The lowest BCUT2D eigenvalue weighted by Crippen LogP contribution is -2.35. The lowest BCUT2D eigenvalue weighted by Gasteiger charge is -2.28. The summed E-state index contributed by atoms with van der Waals surface area (Å²) in [5.74, 6) is 1.99. The Morgan fingerprint density at radius 2 is 2.35 bits per heavy atom. The highest BCUT2D eigenvalue weighted by Gasteiger charge is 2.43. The van der Waals surface area contributed by atoms with Gasteiger partial charge < -0.3 is 9.84 Å². The third-order valence-corrected chi connectivity index (χ3v) is 4.27. The number of nitrogens with one attached hydrogen (secondary N) is 1. The molecule has 20 heavy (non-hydrogen) atoms. The minimum Gasteiger partial charge on any atom is -0.339 e. The molecule has 1 aliphatic rings. The van der Waals surface area contributed by atoms with E-state index in [9.17, 15) is 0 Å². The van der Waals surface area contributed by atoms with E-state index in [1.165, 1.54) is 0 Å². The normalized spacial score (nSPS) is 22.6. The molecule has 0 spiro atoms. The van der Waals surface area contributed by atoms with E-state index in [4.69, 9.17) is 4.52 Å². The lowest BCUT2D eigenvalue weighted by molar-refractivity contribution is 0.234. The minimum absolute atomic E-state index is 0.0137. The van der Waals surface area contributed by atoms with Gasteiger partial charge >= 0.3 is 0 Å². The Hall–Kier alpha value is -1.75. The van der Waals surface area contributed by atoms with Crippen LogP contribution in [0.3, 0.4) is 0 Å². The van der Waals surface area contributed by atoms with Gasteiger partial charge in [0.2, 0.25) is 5.89 Å². The molecule has 2 aromatic rings. The first-order valence-corrected chi connectivity index (χ1v) is 7.13. The first-order valence-electron chi connectivity index (χ1n) is 7.13. The topological polar surface area (TPSA) is 63.8 Å². The molecule has 1 unspecified atom stereocenters. The van der Waals surface area contributed by atoms with Crippen LogP contribution >= 0.6 is 0 Å². The number of rotatable bonds is 4. The van der Waals surface area contributed by atoms with Crippen LogP contribution in [0.2, 0.25) is 0 Å². The molecule has 5 nitrogen and oxygen atoms in total. The van der Waals surface area contributed by atoms with Gasteiger partial charge in [-0.3, -0.25) is 4.98 Å². The van der Waals surface area contributed by atoms with Crippen LogP contribution in [0.25, 0.3) is 0 Å². The summed E-state index contributed by atoms with van der Waals surface area (Å²) in [6, 6.07) is 3.95. The van der Waals surface area contributed by atoms with E-state index in [2.05, 4.69) is 34.3 Å². The Morgan fingerprint density at radius 3 is 3.00 bits per heavy atom. The highest BCUT2D eigenvalue weighted by molar-refractivity contribution is 5.16. The molecule has 1 saturated heterocycles. The zero-order valence-corrected chi connectivity index (χ0v) is 12.0. The van der Waals surface area contributed by atoms with Gasteiger partial charge in [0.1, 0.15) is 0 Å². The third kappa shape index (κ3) is 2.33. The number of aromatic nitrogens is 3. The Labute approximate surface area is 118 Å². The molecule has 1 N–H and O–H groups in total. The van der Waals surface area contributed by atoms with E-state index < -0.39 is 0 Å². The Kier molecular flexibility index (Phi) is 3.53. The smallest absolute Gasteiger partial charge is 0.234 e. The lowest BCUT2D eigenvalue weighted by atomic mass is 9.76. The number of pyridine rings is 1. The average Bonchev–Trinajstić information content (AvgIpc) is 3.09. The molecular formula is C15H20N4O. The Morgan fingerprint density at radius 1 is 1.45 bits per heavy atom. The summed E-state index contributed by atoms with van der Waals surface area (Å²) < 4.78 is 5.56. The molecule has 3 heterocycles. The fourth-order valence-corrected chi connectivity index (χ4v) is 2.85. The van der Waals surface area contributed by atoms with Gasteiger partial charge in [-0.05, 0) is 30.5 Å². The van der Waals surface area contributed by atoms with Crippen molar-refractivity contribution >= 4 is 0 Å². The minimum atomic E-state index is -0.0137. The van der Waals surface area contributed by atoms with E-state index in [0.717, 1.165) is 36.8 Å². The van der Waals surface area contributed by atoms with E-state index in [1.807, 2.05) is 18.3 Å². The fourth-order valence-electron chi connectivity index (χ4n) is 2.85. The Bertz CT molecular complexity index is 558. The van der Waals surface area contributed by atoms with Crippen molar-refractivity contribution in [3.63, 3.8) is 0 Å².